The van der Waals surface area contributed by atoms with Crippen molar-refractivity contribution in [3.8, 4) is 0 Å². The number of aryl methyl sites for hydroxylation is 3. The predicted octanol–water partition coefficient (Wildman–Crippen LogP) is 2.57. The summed E-state index contributed by atoms with van der Waals surface area (Å²) in [5.41, 5.74) is 0. The van der Waals surface area contributed by atoms with Crippen LogP contribution in [0.5, 0.6) is 0 Å². The summed E-state index contributed by atoms with van der Waals surface area (Å²) >= 11 is 1.81. The molecule has 3 heterocycles. The summed E-state index contributed by atoms with van der Waals surface area (Å²) < 4.78 is 2.07. The quantitative estimate of drug-likeness (QED) is 0.871. The molecule has 0 spiro atoms. The second-order valence-electron chi connectivity index (χ2n) is 5.98. The Morgan fingerprint density at radius 3 is 2.86 bits per heavy atom. The third-order valence-electron chi connectivity index (χ3n) is 4.05. The lowest BCUT2D eigenvalue weighted by molar-refractivity contribution is 0.153. The van der Waals surface area contributed by atoms with E-state index < -0.39 is 0 Å². The Labute approximate surface area is 130 Å². The minimum Gasteiger partial charge on any atom is -0.298 e. The Hall–Kier alpha value is -1.27. The summed E-state index contributed by atoms with van der Waals surface area (Å²) in [7, 11) is 0. The summed E-state index contributed by atoms with van der Waals surface area (Å²) in [6.45, 7) is 10.5. The maximum Gasteiger partial charge on any atom is 0.147 e. The average molecular weight is 305 g/mol. The first kappa shape index (κ1) is 14.7. The fraction of sp³-hybridized carbons (Fsp3) is 0.667. The predicted molar refractivity (Wildman–Crippen MR) is 84.3 cm³/mol. The SMILES string of the molecule is Cc1nc(C)n(C[C@H]2CCCN(Cc3cnc(C)s3)C2)n1. The molecular formula is C15H23N5S. The highest BCUT2D eigenvalue weighted by atomic mass is 32.1. The molecule has 0 aliphatic carbocycles. The van der Waals surface area contributed by atoms with E-state index in [9.17, 15) is 0 Å². The molecule has 0 bridgehead atoms. The second-order valence-corrected chi connectivity index (χ2v) is 7.30. The highest BCUT2D eigenvalue weighted by molar-refractivity contribution is 7.11. The zero-order valence-electron chi connectivity index (χ0n) is 13.0. The molecule has 0 saturated carbocycles. The van der Waals surface area contributed by atoms with Crippen LogP contribution in [0.15, 0.2) is 6.20 Å². The summed E-state index contributed by atoms with van der Waals surface area (Å²) in [5, 5.41) is 5.66. The number of thiazole rings is 1. The van der Waals surface area contributed by atoms with Crippen LogP contribution in [0.25, 0.3) is 0 Å². The number of piperidine rings is 1. The molecule has 3 rings (SSSR count). The molecule has 0 unspecified atom stereocenters. The van der Waals surface area contributed by atoms with Crippen LogP contribution in [0, 0.1) is 26.7 Å². The summed E-state index contributed by atoms with van der Waals surface area (Å²) in [6, 6.07) is 0. The van der Waals surface area contributed by atoms with Crippen LogP contribution < -0.4 is 0 Å². The molecule has 1 aliphatic heterocycles. The molecule has 114 valence electrons. The summed E-state index contributed by atoms with van der Waals surface area (Å²) in [6.07, 6.45) is 4.58. The fourth-order valence-electron chi connectivity index (χ4n) is 3.12. The average Bonchev–Trinajstić information content (AvgIpc) is 2.96. The van der Waals surface area contributed by atoms with Gasteiger partial charge in [-0.2, -0.15) is 5.10 Å². The largest absolute Gasteiger partial charge is 0.298 e. The number of hydrogen-bond acceptors (Lipinski definition) is 5. The first-order chi connectivity index (χ1) is 10.1. The van der Waals surface area contributed by atoms with E-state index in [4.69, 9.17) is 0 Å². The van der Waals surface area contributed by atoms with Crippen molar-refractivity contribution in [2.45, 2.75) is 46.7 Å². The van der Waals surface area contributed by atoms with E-state index in [2.05, 4.69) is 31.6 Å². The molecule has 1 saturated heterocycles. The normalized spacial score (nSPS) is 20.0. The van der Waals surface area contributed by atoms with Gasteiger partial charge in [0.15, 0.2) is 0 Å². The van der Waals surface area contributed by atoms with Crippen LogP contribution in [-0.2, 0) is 13.1 Å². The highest BCUT2D eigenvalue weighted by Crippen LogP contribution is 2.22. The molecular weight excluding hydrogens is 282 g/mol. The Morgan fingerprint density at radius 2 is 2.19 bits per heavy atom. The molecule has 21 heavy (non-hydrogen) atoms. The van der Waals surface area contributed by atoms with Crippen molar-refractivity contribution in [1.82, 2.24) is 24.6 Å². The van der Waals surface area contributed by atoms with Crippen LogP contribution in [0.4, 0.5) is 0 Å². The Morgan fingerprint density at radius 1 is 1.33 bits per heavy atom. The molecule has 5 nitrogen and oxygen atoms in total. The van der Waals surface area contributed by atoms with Crippen molar-refractivity contribution in [2.24, 2.45) is 5.92 Å². The number of aromatic nitrogens is 4. The topological polar surface area (TPSA) is 46.8 Å². The molecule has 0 radical (unpaired) electrons. The first-order valence-corrected chi connectivity index (χ1v) is 8.43. The zero-order valence-corrected chi connectivity index (χ0v) is 13.9. The minimum atomic E-state index is 0.674. The monoisotopic (exact) mass is 305 g/mol. The van der Waals surface area contributed by atoms with Gasteiger partial charge in [0.2, 0.25) is 0 Å². The lowest BCUT2D eigenvalue weighted by Crippen LogP contribution is -2.36. The van der Waals surface area contributed by atoms with Gasteiger partial charge in [-0.15, -0.1) is 11.3 Å². The van der Waals surface area contributed by atoms with E-state index in [1.807, 2.05) is 31.4 Å². The maximum absolute atomic E-state index is 4.50. The summed E-state index contributed by atoms with van der Waals surface area (Å²) in [4.78, 5) is 12.7. The fourth-order valence-corrected chi connectivity index (χ4v) is 3.96. The van der Waals surface area contributed by atoms with Crippen LogP contribution in [0.3, 0.4) is 0 Å². The number of nitrogens with zero attached hydrogens (tertiary/aromatic N) is 5. The van der Waals surface area contributed by atoms with Crippen LogP contribution >= 0.6 is 11.3 Å². The van der Waals surface area contributed by atoms with Gasteiger partial charge in [-0.1, -0.05) is 0 Å². The van der Waals surface area contributed by atoms with Crippen molar-refractivity contribution in [1.29, 1.82) is 0 Å². The van der Waals surface area contributed by atoms with Gasteiger partial charge in [-0.05, 0) is 46.1 Å². The molecule has 1 aliphatic rings. The maximum atomic E-state index is 4.50. The first-order valence-electron chi connectivity index (χ1n) is 7.62. The van der Waals surface area contributed by atoms with Gasteiger partial charge in [0.1, 0.15) is 11.6 Å². The van der Waals surface area contributed by atoms with Gasteiger partial charge in [-0.3, -0.25) is 4.90 Å². The molecule has 2 aromatic heterocycles. The standard InChI is InChI=1S/C15H23N5S/c1-11-17-12(2)20(18-11)9-14-5-4-6-19(8-14)10-15-7-16-13(3)21-15/h7,14H,4-6,8-10H2,1-3H3/t14-/m0/s1. The van der Waals surface area contributed by atoms with Crippen molar-refractivity contribution < 1.29 is 0 Å². The molecule has 2 aromatic rings. The van der Waals surface area contributed by atoms with E-state index in [-0.39, 0.29) is 0 Å². The van der Waals surface area contributed by atoms with Crippen LogP contribution in [0.1, 0.15) is 34.4 Å². The van der Waals surface area contributed by atoms with E-state index in [1.165, 1.54) is 24.3 Å². The van der Waals surface area contributed by atoms with E-state index in [1.54, 1.807) is 0 Å². The summed E-state index contributed by atoms with van der Waals surface area (Å²) in [5.74, 6) is 2.58. The van der Waals surface area contributed by atoms with Gasteiger partial charge < -0.3 is 0 Å². The minimum absolute atomic E-state index is 0.674. The van der Waals surface area contributed by atoms with Crippen LogP contribution in [0.2, 0.25) is 0 Å². The lowest BCUT2D eigenvalue weighted by Gasteiger charge is -2.32. The lowest BCUT2D eigenvalue weighted by atomic mass is 9.98. The number of rotatable bonds is 4. The van der Waals surface area contributed by atoms with Crippen molar-refractivity contribution >= 4 is 11.3 Å². The van der Waals surface area contributed by atoms with Gasteiger partial charge >= 0.3 is 0 Å². The molecule has 0 aromatic carbocycles. The number of likely N-dealkylation sites (tertiary alicyclic amines) is 1. The van der Waals surface area contributed by atoms with Crippen molar-refractivity contribution in [2.75, 3.05) is 13.1 Å². The van der Waals surface area contributed by atoms with Crippen molar-refractivity contribution in [3.05, 3.63) is 27.7 Å². The number of hydrogen-bond donors (Lipinski definition) is 0. The van der Waals surface area contributed by atoms with E-state index >= 15 is 0 Å². The second kappa shape index (κ2) is 6.23. The third-order valence-corrected chi connectivity index (χ3v) is 4.94. The Kier molecular flexibility index (Phi) is 4.35. The van der Waals surface area contributed by atoms with Gasteiger partial charge in [0.05, 0.1) is 5.01 Å². The zero-order chi connectivity index (χ0) is 14.8. The third kappa shape index (κ3) is 3.68. The molecule has 6 heteroatoms. The van der Waals surface area contributed by atoms with Gasteiger partial charge in [0.25, 0.3) is 0 Å². The highest BCUT2D eigenvalue weighted by Gasteiger charge is 2.21. The molecule has 0 N–H and O–H groups in total. The Bertz CT molecular complexity index is 603. The molecule has 1 fully saturated rings. The van der Waals surface area contributed by atoms with Crippen molar-refractivity contribution in [3.63, 3.8) is 0 Å². The molecule has 1 atom stereocenters. The van der Waals surface area contributed by atoms with E-state index in [0.29, 0.717) is 5.92 Å². The van der Waals surface area contributed by atoms with Crippen LogP contribution in [-0.4, -0.2) is 37.7 Å². The van der Waals surface area contributed by atoms with Gasteiger partial charge in [-0.25, -0.2) is 14.6 Å². The smallest absolute Gasteiger partial charge is 0.147 e. The van der Waals surface area contributed by atoms with Gasteiger partial charge in [0, 0.05) is 30.7 Å². The molecule has 0 amide bonds. The Balaban J connectivity index is 1.59. The van der Waals surface area contributed by atoms with E-state index in [0.717, 1.165) is 36.3 Å².